The Hall–Kier alpha value is -0.820. The van der Waals surface area contributed by atoms with E-state index in [1.54, 1.807) is 18.4 Å². The highest BCUT2D eigenvalue weighted by Gasteiger charge is 2.09. The molecule has 0 fully saturated rings. The van der Waals surface area contributed by atoms with Crippen LogP contribution in [0.25, 0.3) is 10.6 Å². The van der Waals surface area contributed by atoms with Crippen molar-refractivity contribution in [2.75, 3.05) is 26.8 Å². The maximum absolute atomic E-state index is 4.99. The van der Waals surface area contributed by atoms with E-state index in [0.29, 0.717) is 0 Å². The van der Waals surface area contributed by atoms with Crippen LogP contribution in [0.1, 0.15) is 17.0 Å². The third-order valence-corrected chi connectivity index (χ3v) is 4.63. The summed E-state index contributed by atoms with van der Waals surface area (Å²) in [5.41, 5.74) is 2.38. The topological polar surface area (TPSA) is 47.0 Å². The summed E-state index contributed by atoms with van der Waals surface area (Å²) in [5.74, 6) is 0. The van der Waals surface area contributed by atoms with Crippen molar-refractivity contribution in [2.45, 2.75) is 19.8 Å². The highest BCUT2D eigenvalue weighted by Crippen LogP contribution is 2.29. The van der Waals surface area contributed by atoms with Gasteiger partial charge in [0, 0.05) is 30.1 Å². The molecule has 0 aliphatic carbocycles. The zero-order valence-electron chi connectivity index (χ0n) is 12.4. The Kier molecular flexibility index (Phi) is 6.76. The maximum atomic E-state index is 4.99. The van der Waals surface area contributed by atoms with Crippen molar-refractivity contribution in [1.29, 1.82) is 0 Å². The molecule has 1 aromatic carbocycles. The third-order valence-electron chi connectivity index (χ3n) is 3.12. The Labute approximate surface area is 138 Å². The van der Waals surface area contributed by atoms with Crippen molar-refractivity contribution in [3.63, 3.8) is 0 Å². The molecule has 0 saturated heterocycles. The van der Waals surface area contributed by atoms with Gasteiger partial charge in [-0.3, -0.25) is 0 Å². The van der Waals surface area contributed by atoms with Crippen molar-refractivity contribution >= 4 is 27.3 Å². The fourth-order valence-electron chi connectivity index (χ4n) is 1.95. The van der Waals surface area contributed by atoms with E-state index >= 15 is 0 Å². The summed E-state index contributed by atoms with van der Waals surface area (Å²) in [6, 6.07) is 6.25. The van der Waals surface area contributed by atoms with Gasteiger partial charge in [-0.2, -0.15) is 0 Å². The third kappa shape index (κ3) is 5.14. The Morgan fingerprint density at radius 2 is 2.14 bits per heavy atom. The number of aromatic nitrogens is 2. The molecule has 4 nitrogen and oxygen atoms in total. The standard InChI is InChI=1S/C15H20BrN3OS/c1-11-5-6-12(16)10-13(11)15-19-18-14(21-15)4-3-7-17-8-9-20-2/h5-6,10,17H,3-4,7-9H2,1-2H3. The molecule has 6 heteroatoms. The monoisotopic (exact) mass is 369 g/mol. The van der Waals surface area contributed by atoms with Gasteiger partial charge in [-0.05, 0) is 37.6 Å². The quantitative estimate of drug-likeness (QED) is 0.723. The summed E-state index contributed by atoms with van der Waals surface area (Å²) in [5, 5.41) is 14.1. The van der Waals surface area contributed by atoms with Crippen LogP contribution in [0.2, 0.25) is 0 Å². The van der Waals surface area contributed by atoms with Crippen molar-refractivity contribution in [2.24, 2.45) is 0 Å². The van der Waals surface area contributed by atoms with Crippen LogP contribution in [0.3, 0.4) is 0 Å². The minimum absolute atomic E-state index is 0.755. The number of methoxy groups -OCH3 is 1. The zero-order chi connectivity index (χ0) is 15.1. The van der Waals surface area contributed by atoms with Gasteiger partial charge in [0.1, 0.15) is 10.0 Å². The molecule has 21 heavy (non-hydrogen) atoms. The molecular formula is C15H20BrN3OS. The minimum Gasteiger partial charge on any atom is -0.383 e. The van der Waals surface area contributed by atoms with Gasteiger partial charge in [0.15, 0.2) is 0 Å². The molecule has 1 heterocycles. The van der Waals surface area contributed by atoms with E-state index < -0.39 is 0 Å². The molecule has 0 aliphatic heterocycles. The lowest BCUT2D eigenvalue weighted by molar-refractivity contribution is 0.199. The number of benzene rings is 1. The predicted octanol–water partition coefficient (Wildman–Crippen LogP) is 3.44. The van der Waals surface area contributed by atoms with Crippen molar-refractivity contribution < 1.29 is 4.74 Å². The zero-order valence-corrected chi connectivity index (χ0v) is 14.8. The van der Waals surface area contributed by atoms with E-state index in [9.17, 15) is 0 Å². The van der Waals surface area contributed by atoms with E-state index in [-0.39, 0.29) is 0 Å². The first-order valence-corrected chi connectivity index (χ1v) is 8.60. The van der Waals surface area contributed by atoms with Crippen molar-refractivity contribution in [3.8, 4) is 10.6 Å². The van der Waals surface area contributed by atoms with Gasteiger partial charge < -0.3 is 10.1 Å². The Morgan fingerprint density at radius 1 is 1.29 bits per heavy atom. The molecule has 0 amide bonds. The van der Waals surface area contributed by atoms with Crippen LogP contribution < -0.4 is 5.32 Å². The van der Waals surface area contributed by atoms with E-state index in [4.69, 9.17) is 4.74 Å². The lowest BCUT2D eigenvalue weighted by Gasteiger charge is -2.02. The number of halogens is 1. The summed E-state index contributed by atoms with van der Waals surface area (Å²) in [4.78, 5) is 0. The highest BCUT2D eigenvalue weighted by atomic mass is 79.9. The van der Waals surface area contributed by atoms with Crippen LogP contribution in [0, 0.1) is 6.92 Å². The first kappa shape index (κ1) is 16.5. The Morgan fingerprint density at radius 3 is 2.95 bits per heavy atom. The number of hydrogen-bond donors (Lipinski definition) is 1. The summed E-state index contributed by atoms with van der Waals surface area (Å²) in [7, 11) is 1.72. The van der Waals surface area contributed by atoms with Crippen LogP contribution in [0.4, 0.5) is 0 Å². The number of nitrogens with zero attached hydrogens (tertiary/aromatic N) is 2. The number of ether oxygens (including phenoxy) is 1. The lowest BCUT2D eigenvalue weighted by atomic mass is 10.1. The second-order valence-electron chi connectivity index (χ2n) is 4.81. The van der Waals surface area contributed by atoms with Gasteiger partial charge >= 0.3 is 0 Å². The molecule has 0 atom stereocenters. The smallest absolute Gasteiger partial charge is 0.148 e. The number of aryl methyl sites for hydroxylation is 2. The minimum atomic E-state index is 0.755. The average Bonchev–Trinajstić information content (AvgIpc) is 2.94. The number of nitrogens with one attached hydrogen (secondary N) is 1. The first-order valence-electron chi connectivity index (χ1n) is 6.99. The van der Waals surface area contributed by atoms with E-state index in [2.05, 4.69) is 50.5 Å². The lowest BCUT2D eigenvalue weighted by Crippen LogP contribution is -2.20. The normalized spacial score (nSPS) is 11.0. The molecule has 0 unspecified atom stereocenters. The van der Waals surface area contributed by atoms with E-state index in [0.717, 1.165) is 52.6 Å². The average molecular weight is 370 g/mol. The van der Waals surface area contributed by atoms with Gasteiger partial charge in [-0.15, -0.1) is 10.2 Å². The van der Waals surface area contributed by atoms with Crippen LogP contribution in [-0.4, -0.2) is 37.0 Å². The van der Waals surface area contributed by atoms with Crippen LogP contribution >= 0.6 is 27.3 Å². The van der Waals surface area contributed by atoms with E-state index in [1.807, 2.05) is 6.07 Å². The summed E-state index contributed by atoms with van der Waals surface area (Å²) in [6.07, 6.45) is 2.03. The Balaban J connectivity index is 1.88. The molecule has 2 aromatic rings. The molecule has 0 spiro atoms. The predicted molar refractivity (Wildman–Crippen MR) is 90.8 cm³/mol. The fourth-order valence-corrected chi connectivity index (χ4v) is 3.28. The molecule has 114 valence electrons. The van der Waals surface area contributed by atoms with Gasteiger partial charge in [-0.1, -0.05) is 33.3 Å². The number of rotatable bonds is 8. The molecule has 1 aromatic heterocycles. The maximum Gasteiger partial charge on any atom is 0.148 e. The largest absolute Gasteiger partial charge is 0.383 e. The SMILES string of the molecule is COCCNCCCc1nnc(-c2cc(Br)ccc2C)s1. The Bertz CT molecular complexity index is 574. The molecule has 0 bridgehead atoms. The summed E-state index contributed by atoms with van der Waals surface area (Å²) in [6.45, 7) is 4.73. The second-order valence-corrected chi connectivity index (χ2v) is 6.78. The van der Waals surface area contributed by atoms with Gasteiger partial charge in [0.25, 0.3) is 0 Å². The van der Waals surface area contributed by atoms with Crippen LogP contribution in [-0.2, 0) is 11.2 Å². The molecule has 2 rings (SSSR count). The van der Waals surface area contributed by atoms with Gasteiger partial charge in [0.05, 0.1) is 6.61 Å². The molecule has 0 aliphatic rings. The van der Waals surface area contributed by atoms with Gasteiger partial charge in [-0.25, -0.2) is 0 Å². The molecule has 0 saturated carbocycles. The van der Waals surface area contributed by atoms with Crippen molar-refractivity contribution in [3.05, 3.63) is 33.2 Å². The second kappa shape index (κ2) is 8.58. The summed E-state index contributed by atoms with van der Waals surface area (Å²) < 4.78 is 6.06. The van der Waals surface area contributed by atoms with Crippen LogP contribution in [0.5, 0.6) is 0 Å². The fraction of sp³-hybridized carbons (Fsp3) is 0.467. The van der Waals surface area contributed by atoms with E-state index in [1.165, 1.54) is 5.56 Å². The number of hydrogen-bond acceptors (Lipinski definition) is 5. The molecular weight excluding hydrogens is 350 g/mol. The van der Waals surface area contributed by atoms with Crippen molar-refractivity contribution in [1.82, 2.24) is 15.5 Å². The molecule has 1 N–H and O–H groups in total. The molecule has 0 radical (unpaired) electrons. The van der Waals surface area contributed by atoms with Crippen LogP contribution in [0.15, 0.2) is 22.7 Å². The highest BCUT2D eigenvalue weighted by molar-refractivity contribution is 9.10. The van der Waals surface area contributed by atoms with Gasteiger partial charge in [0.2, 0.25) is 0 Å². The first-order chi connectivity index (χ1) is 10.2. The summed E-state index contributed by atoms with van der Waals surface area (Å²) >= 11 is 5.19.